The summed E-state index contributed by atoms with van der Waals surface area (Å²) in [6.07, 6.45) is 0.938. The average molecular weight is 342 g/mol. The fraction of sp³-hybridized carbons (Fsp3) is 0.429. The zero-order valence-electron chi connectivity index (χ0n) is 14.6. The molecule has 3 atom stereocenters. The minimum Gasteiger partial charge on any atom is -0.387 e. The summed E-state index contributed by atoms with van der Waals surface area (Å²) in [6, 6.07) is 20.2. The van der Waals surface area contributed by atoms with Crippen LogP contribution in [0.25, 0.3) is 0 Å². The molecule has 25 heavy (non-hydrogen) atoms. The Morgan fingerprint density at radius 1 is 1.00 bits per heavy atom. The van der Waals surface area contributed by atoms with Crippen molar-refractivity contribution in [1.29, 1.82) is 0 Å². The van der Waals surface area contributed by atoms with Crippen molar-refractivity contribution in [3.8, 4) is 0 Å². The normalized spacial score (nSPS) is 22.0. The van der Waals surface area contributed by atoms with Gasteiger partial charge in [-0.3, -0.25) is 0 Å². The summed E-state index contributed by atoms with van der Waals surface area (Å²) in [7, 11) is 0. The van der Waals surface area contributed by atoms with E-state index in [1.807, 2.05) is 36.4 Å². The van der Waals surface area contributed by atoms with Crippen LogP contribution in [0.5, 0.6) is 0 Å². The summed E-state index contributed by atoms with van der Waals surface area (Å²) in [4.78, 5) is 1.26. The van der Waals surface area contributed by atoms with E-state index in [-0.39, 0.29) is 18.8 Å². The smallest absolute Gasteiger partial charge is 0.126 e. The van der Waals surface area contributed by atoms with E-state index in [4.69, 9.17) is 4.74 Å². The van der Waals surface area contributed by atoms with Gasteiger partial charge in [0, 0.05) is 0 Å². The summed E-state index contributed by atoms with van der Waals surface area (Å²) in [5.41, 5.74) is 2.17. The van der Waals surface area contributed by atoms with Crippen LogP contribution in [0.15, 0.2) is 60.7 Å². The number of hydrogen-bond acceptors (Lipinski definition) is 3. The Morgan fingerprint density at radius 2 is 1.60 bits per heavy atom. The maximum absolute atomic E-state index is 10.4. The van der Waals surface area contributed by atoms with Gasteiger partial charge in [0.1, 0.15) is 31.4 Å². The van der Waals surface area contributed by atoms with Gasteiger partial charge in [-0.05, 0) is 24.0 Å². The number of hydrogen-bond donors (Lipinski definition) is 3. The molecule has 0 bridgehead atoms. The van der Waals surface area contributed by atoms with Crippen molar-refractivity contribution in [1.82, 2.24) is 0 Å². The monoisotopic (exact) mass is 342 g/mol. The van der Waals surface area contributed by atoms with Crippen molar-refractivity contribution in [3.05, 3.63) is 71.8 Å². The van der Waals surface area contributed by atoms with Crippen molar-refractivity contribution in [2.45, 2.75) is 31.2 Å². The Morgan fingerprint density at radius 3 is 2.16 bits per heavy atom. The van der Waals surface area contributed by atoms with Crippen molar-refractivity contribution >= 4 is 0 Å². The third kappa shape index (κ3) is 5.38. The summed E-state index contributed by atoms with van der Waals surface area (Å²) in [5, 5.41) is 20.2. The lowest BCUT2D eigenvalue weighted by atomic mass is 10.0. The molecule has 2 aromatic carbocycles. The molecule has 1 heterocycles. The van der Waals surface area contributed by atoms with E-state index in [0.717, 1.165) is 37.1 Å². The Balaban J connectivity index is 1.61. The van der Waals surface area contributed by atoms with Crippen LogP contribution in [0, 0.1) is 0 Å². The highest BCUT2D eigenvalue weighted by Gasteiger charge is 2.24. The van der Waals surface area contributed by atoms with Crippen LogP contribution in [0.1, 0.15) is 30.1 Å². The fourth-order valence-corrected chi connectivity index (χ4v) is 3.55. The number of ether oxygens (including phenoxy) is 1. The number of benzene rings is 2. The Kier molecular flexibility index (Phi) is 6.59. The summed E-state index contributed by atoms with van der Waals surface area (Å²) in [5.74, 6) is 0. The number of piperidine rings is 1. The molecule has 0 aromatic heterocycles. The molecule has 3 rings (SSSR count). The van der Waals surface area contributed by atoms with E-state index in [1.54, 1.807) is 0 Å². The molecule has 1 aliphatic rings. The van der Waals surface area contributed by atoms with E-state index < -0.39 is 6.10 Å². The molecular weight excluding hydrogens is 314 g/mol. The Bertz CT molecular complexity index is 580. The zero-order valence-corrected chi connectivity index (χ0v) is 14.6. The molecule has 3 N–H and O–H groups in total. The number of aliphatic hydroxyl groups excluding tert-OH is 2. The second kappa shape index (κ2) is 9.11. The molecular formula is C21H28NO3+. The lowest BCUT2D eigenvalue weighted by molar-refractivity contribution is -0.911. The maximum Gasteiger partial charge on any atom is 0.126 e. The SMILES string of the molecule is O[C@H]1CCC[NH+](C[C@@H](O)COC(c2ccccc2)c2ccccc2)C1. The van der Waals surface area contributed by atoms with Gasteiger partial charge in [0.25, 0.3) is 0 Å². The number of quaternary nitrogens is 1. The molecule has 134 valence electrons. The van der Waals surface area contributed by atoms with Gasteiger partial charge in [0.15, 0.2) is 0 Å². The first-order valence-electron chi connectivity index (χ1n) is 9.13. The Labute approximate surface area is 149 Å². The second-order valence-electron chi connectivity index (χ2n) is 6.89. The van der Waals surface area contributed by atoms with Crippen LogP contribution in [-0.4, -0.2) is 48.7 Å². The zero-order chi connectivity index (χ0) is 17.5. The molecule has 4 nitrogen and oxygen atoms in total. The quantitative estimate of drug-likeness (QED) is 0.709. The number of nitrogens with one attached hydrogen (secondary N) is 1. The van der Waals surface area contributed by atoms with Gasteiger partial charge in [-0.25, -0.2) is 0 Å². The van der Waals surface area contributed by atoms with Gasteiger partial charge in [-0.2, -0.15) is 0 Å². The highest BCUT2D eigenvalue weighted by Crippen LogP contribution is 2.25. The molecule has 2 aromatic rings. The standard InChI is InChI=1S/C21H27NO3/c23-19-12-7-13-22(14-19)15-20(24)16-25-21(17-8-3-1-4-9-17)18-10-5-2-6-11-18/h1-6,8-11,19-21,23-24H,7,12-16H2/p+1/t19-,20+/m0/s1. The molecule has 1 aliphatic heterocycles. The lowest BCUT2D eigenvalue weighted by Crippen LogP contribution is -3.15. The van der Waals surface area contributed by atoms with Gasteiger partial charge < -0.3 is 19.8 Å². The molecule has 4 heteroatoms. The second-order valence-corrected chi connectivity index (χ2v) is 6.89. The van der Waals surface area contributed by atoms with Crippen LogP contribution in [0.2, 0.25) is 0 Å². The van der Waals surface area contributed by atoms with Crippen molar-refractivity contribution < 1.29 is 19.8 Å². The molecule has 1 saturated heterocycles. The molecule has 1 unspecified atom stereocenters. The molecule has 0 aliphatic carbocycles. The van der Waals surface area contributed by atoms with Crippen molar-refractivity contribution in [3.63, 3.8) is 0 Å². The van der Waals surface area contributed by atoms with E-state index in [1.165, 1.54) is 4.90 Å². The largest absolute Gasteiger partial charge is 0.387 e. The van der Waals surface area contributed by atoms with E-state index in [2.05, 4.69) is 24.3 Å². The first-order chi connectivity index (χ1) is 12.2. The van der Waals surface area contributed by atoms with E-state index in [0.29, 0.717) is 6.54 Å². The van der Waals surface area contributed by atoms with Crippen LogP contribution in [-0.2, 0) is 4.74 Å². The van der Waals surface area contributed by atoms with Crippen LogP contribution in [0.4, 0.5) is 0 Å². The first kappa shape index (κ1) is 18.1. The molecule has 0 radical (unpaired) electrons. The minimum atomic E-state index is -0.532. The van der Waals surface area contributed by atoms with Crippen LogP contribution >= 0.6 is 0 Å². The summed E-state index contributed by atoms with van der Waals surface area (Å²) < 4.78 is 6.12. The Hall–Kier alpha value is -1.72. The molecule has 0 spiro atoms. The lowest BCUT2D eigenvalue weighted by Gasteiger charge is -2.29. The third-order valence-corrected chi connectivity index (χ3v) is 4.78. The summed E-state index contributed by atoms with van der Waals surface area (Å²) >= 11 is 0. The first-order valence-corrected chi connectivity index (χ1v) is 9.13. The van der Waals surface area contributed by atoms with Gasteiger partial charge in [-0.1, -0.05) is 60.7 Å². The predicted molar refractivity (Wildman–Crippen MR) is 97.5 cm³/mol. The summed E-state index contributed by atoms with van der Waals surface area (Å²) in [6.45, 7) is 2.63. The number of rotatable bonds is 7. The van der Waals surface area contributed by atoms with Gasteiger partial charge >= 0.3 is 0 Å². The minimum absolute atomic E-state index is 0.181. The van der Waals surface area contributed by atoms with Gasteiger partial charge in [-0.15, -0.1) is 0 Å². The molecule has 0 saturated carbocycles. The van der Waals surface area contributed by atoms with Gasteiger partial charge in [0.2, 0.25) is 0 Å². The number of likely N-dealkylation sites (tertiary alicyclic amines) is 1. The fourth-order valence-electron chi connectivity index (χ4n) is 3.55. The van der Waals surface area contributed by atoms with Crippen molar-refractivity contribution in [2.75, 3.05) is 26.2 Å². The van der Waals surface area contributed by atoms with Gasteiger partial charge in [0.05, 0.1) is 13.2 Å². The highest BCUT2D eigenvalue weighted by atomic mass is 16.5. The average Bonchev–Trinajstić information content (AvgIpc) is 2.64. The third-order valence-electron chi connectivity index (χ3n) is 4.78. The molecule has 0 amide bonds. The van der Waals surface area contributed by atoms with E-state index in [9.17, 15) is 10.2 Å². The predicted octanol–water partition coefficient (Wildman–Crippen LogP) is 1.19. The van der Waals surface area contributed by atoms with E-state index >= 15 is 0 Å². The molecule has 1 fully saturated rings. The van der Waals surface area contributed by atoms with Crippen molar-refractivity contribution in [2.24, 2.45) is 0 Å². The van der Waals surface area contributed by atoms with Crippen LogP contribution < -0.4 is 4.90 Å². The van der Waals surface area contributed by atoms with Crippen LogP contribution in [0.3, 0.4) is 0 Å². The maximum atomic E-state index is 10.4. The topological polar surface area (TPSA) is 54.1 Å². The highest BCUT2D eigenvalue weighted by molar-refractivity contribution is 5.29. The number of aliphatic hydroxyl groups is 2.